The first-order valence-electron chi connectivity index (χ1n) is 4.85. The van der Waals surface area contributed by atoms with Gasteiger partial charge < -0.3 is 0 Å². The molecule has 0 aliphatic heterocycles. The Morgan fingerprint density at radius 3 is 2.65 bits per heavy atom. The molecule has 0 aliphatic carbocycles. The summed E-state index contributed by atoms with van der Waals surface area (Å²) in [5.41, 5.74) is 0.147. The van der Waals surface area contributed by atoms with Crippen LogP contribution in [0.1, 0.15) is 6.92 Å². The van der Waals surface area contributed by atoms with Gasteiger partial charge in [-0.2, -0.15) is 0 Å². The zero-order valence-electron chi connectivity index (χ0n) is 9.08. The van der Waals surface area contributed by atoms with E-state index < -0.39 is 15.8 Å². The summed E-state index contributed by atoms with van der Waals surface area (Å²) in [6.45, 7) is 1.72. The van der Waals surface area contributed by atoms with Gasteiger partial charge in [0, 0.05) is 5.88 Å². The fourth-order valence-electron chi connectivity index (χ4n) is 1.20. The molecule has 0 amide bonds. The van der Waals surface area contributed by atoms with Crippen LogP contribution in [0.5, 0.6) is 0 Å². The van der Waals surface area contributed by atoms with Crippen LogP contribution in [0.15, 0.2) is 18.2 Å². The zero-order valence-corrected chi connectivity index (χ0v) is 11.4. The van der Waals surface area contributed by atoms with Crippen molar-refractivity contribution < 1.29 is 12.8 Å². The standard InChI is InChI=1S/C10H12Cl2FNO2S/c1-7(5-11)6-17(15,16)14-8-2-3-9(12)10(13)4-8/h2-4,7,14H,5-6H2,1H3. The van der Waals surface area contributed by atoms with Crippen LogP contribution >= 0.6 is 23.2 Å². The number of rotatable bonds is 5. The fraction of sp³-hybridized carbons (Fsp3) is 0.400. The minimum Gasteiger partial charge on any atom is -0.283 e. The molecule has 1 rings (SSSR count). The minimum absolute atomic E-state index is 0.0536. The van der Waals surface area contributed by atoms with E-state index in [0.29, 0.717) is 0 Å². The highest BCUT2D eigenvalue weighted by Crippen LogP contribution is 2.20. The number of alkyl halides is 1. The van der Waals surface area contributed by atoms with Gasteiger partial charge in [0.1, 0.15) is 5.82 Å². The topological polar surface area (TPSA) is 46.2 Å². The van der Waals surface area contributed by atoms with Gasteiger partial charge >= 0.3 is 0 Å². The maximum atomic E-state index is 13.1. The molecule has 3 nitrogen and oxygen atoms in total. The molecule has 1 N–H and O–H groups in total. The van der Waals surface area contributed by atoms with Gasteiger partial charge in [-0.05, 0) is 24.1 Å². The van der Waals surface area contributed by atoms with E-state index in [1.165, 1.54) is 12.1 Å². The summed E-state index contributed by atoms with van der Waals surface area (Å²) >= 11 is 11.0. The van der Waals surface area contributed by atoms with Gasteiger partial charge in [-0.1, -0.05) is 18.5 Å². The van der Waals surface area contributed by atoms with E-state index in [1.807, 2.05) is 0 Å². The van der Waals surface area contributed by atoms with E-state index in [4.69, 9.17) is 23.2 Å². The van der Waals surface area contributed by atoms with Gasteiger partial charge in [0.25, 0.3) is 0 Å². The summed E-state index contributed by atoms with van der Waals surface area (Å²) in [7, 11) is -3.52. The summed E-state index contributed by atoms with van der Waals surface area (Å²) in [4.78, 5) is 0. The first kappa shape index (κ1) is 14.5. The largest absolute Gasteiger partial charge is 0.283 e. The van der Waals surface area contributed by atoms with Crippen LogP contribution in [0.25, 0.3) is 0 Å². The number of halogens is 3. The lowest BCUT2D eigenvalue weighted by molar-refractivity contribution is 0.588. The Kier molecular flexibility index (Phi) is 5.04. The summed E-state index contributed by atoms with van der Waals surface area (Å²) in [5, 5.41) is -0.0536. The number of benzene rings is 1. The Bertz CT molecular complexity index is 493. The monoisotopic (exact) mass is 299 g/mol. The van der Waals surface area contributed by atoms with Gasteiger partial charge in [0.05, 0.1) is 16.5 Å². The lowest BCUT2D eigenvalue weighted by atomic mass is 10.3. The molecule has 7 heteroatoms. The molecule has 0 saturated heterocycles. The third kappa shape index (κ3) is 4.69. The minimum atomic E-state index is -3.52. The van der Waals surface area contributed by atoms with Crippen LogP contribution in [0, 0.1) is 11.7 Å². The van der Waals surface area contributed by atoms with Gasteiger partial charge in [0.2, 0.25) is 10.0 Å². The van der Waals surface area contributed by atoms with Gasteiger partial charge in [-0.3, -0.25) is 4.72 Å². The van der Waals surface area contributed by atoms with Crippen molar-refractivity contribution in [2.24, 2.45) is 5.92 Å². The van der Waals surface area contributed by atoms with E-state index in [0.717, 1.165) is 6.07 Å². The smallest absolute Gasteiger partial charge is 0.233 e. The molecule has 1 aromatic rings. The van der Waals surface area contributed by atoms with E-state index in [-0.39, 0.29) is 28.3 Å². The van der Waals surface area contributed by atoms with Gasteiger partial charge in [0.15, 0.2) is 0 Å². The van der Waals surface area contributed by atoms with E-state index in [9.17, 15) is 12.8 Å². The Morgan fingerprint density at radius 2 is 2.12 bits per heavy atom. The fourth-order valence-corrected chi connectivity index (χ4v) is 2.99. The number of nitrogens with one attached hydrogen (secondary N) is 1. The Balaban J connectivity index is 2.80. The molecule has 0 radical (unpaired) electrons. The van der Waals surface area contributed by atoms with Gasteiger partial charge in [-0.25, -0.2) is 12.8 Å². The highest BCUT2D eigenvalue weighted by Gasteiger charge is 2.15. The van der Waals surface area contributed by atoms with Crippen LogP contribution in [-0.4, -0.2) is 20.1 Å². The first-order valence-corrected chi connectivity index (χ1v) is 7.42. The van der Waals surface area contributed by atoms with Crippen molar-refractivity contribution in [3.8, 4) is 0 Å². The lowest BCUT2D eigenvalue weighted by Gasteiger charge is -2.11. The average molecular weight is 300 g/mol. The Hall–Kier alpha value is -0.520. The second kappa shape index (κ2) is 5.89. The normalized spacial score (nSPS) is 13.4. The molecule has 0 bridgehead atoms. The summed E-state index contributed by atoms with van der Waals surface area (Å²) in [5.74, 6) is -0.708. The molecular formula is C10H12Cl2FNO2S. The van der Waals surface area contributed by atoms with Crippen molar-refractivity contribution in [3.63, 3.8) is 0 Å². The van der Waals surface area contributed by atoms with Crippen molar-refractivity contribution in [2.45, 2.75) is 6.92 Å². The van der Waals surface area contributed by atoms with E-state index in [1.54, 1.807) is 6.92 Å². The van der Waals surface area contributed by atoms with E-state index in [2.05, 4.69) is 4.72 Å². The lowest BCUT2D eigenvalue weighted by Crippen LogP contribution is -2.22. The summed E-state index contributed by atoms with van der Waals surface area (Å²) in [6, 6.07) is 3.72. The number of hydrogen-bond acceptors (Lipinski definition) is 2. The maximum absolute atomic E-state index is 13.1. The van der Waals surface area contributed by atoms with Crippen LogP contribution in [0.3, 0.4) is 0 Å². The quantitative estimate of drug-likeness (QED) is 0.849. The third-order valence-corrected chi connectivity index (χ3v) is 4.35. The van der Waals surface area contributed by atoms with Crippen LogP contribution in [0.4, 0.5) is 10.1 Å². The Labute approximate surface area is 110 Å². The van der Waals surface area contributed by atoms with Crippen LogP contribution in [-0.2, 0) is 10.0 Å². The summed E-state index contributed by atoms with van der Waals surface area (Å²) < 4.78 is 38.6. The molecule has 0 aromatic heterocycles. The maximum Gasteiger partial charge on any atom is 0.233 e. The second-order valence-electron chi connectivity index (χ2n) is 3.77. The van der Waals surface area contributed by atoms with Crippen molar-refractivity contribution in [1.82, 2.24) is 0 Å². The molecule has 96 valence electrons. The molecule has 0 aliphatic rings. The SMILES string of the molecule is CC(CCl)CS(=O)(=O)Nc1ccc(Cl)c(F)c1. The first-order chi connectivity index (χ1) is 7.84. The van der Waals surface area contributed by atoms with Gasteiger partial charge in [-0.15, -0.1) is 11.6 Å². The van der Waals surface area contributed by atoms with Crippen molar-refractivity contribution in [1.29, 1.82) is 0 Å². The predicted octanol–water partition coefficient (Wildman–Crippen LogP) is 3.10. The third-order valence-electron chi connectivity index (χ3n) is 1.96. The molecule has 1 atom stereocenters. The number of hydrogen-bond donors (Lipinski definition) is 1. The number of sulfonamides is 1. The molecule has 0 fully saturated rings. The van der Waals surface area contributed by atoms with Crippen molar-refractivity contribution in [3.05, 3.63) is 29.0 Å². The van der Waals surface area contributed by atoms with Crippen LogP contribution in [0.2, 0.25) is 5.02 Å². The molecule has 17 heavy (non-hydrogen) atoms. The van der Waals surface area contributed by atoms with E-state index >= 15 is 0 Å². The summed E-state index contributed by atoms with van der Waals surface area (Å²) in [6.07, 6.45) is 0. The van der Waals surface area contributed by atoms with Crippen LogP contribution < -0.4 is 4.72 Å². The highest BCUT2D eigenvalue weighted by atomic mass is 35.5. The molecular weight excluding hydrogens is 288 g/mol. The van der Waals surface area contributed by atoms with Crippen molar-refractivity contribution >= 4 is 38.9 Å². The molecule has 1 aromatic carbocycles. The Morgan fingerprint density at radius 1 is 1.47 bits per heavy atom. The highest BCUT2D eigenvalue weighted by molar-refractivity contribution is 7.92. The molecule has 0 saturated carbocycles. The van der Waals surface area contributed by atoms with Crippen molar-refractivity contribution in [2.75, 3.05) is 16.4 Å². The zero-order chi connectivity index (χ0) is 13.1. The average Bonchev–Trinajstić information content (AvgIpc) is 2.22. The number of anilines is 1. The second-order valence-corrected chi connectivity index (χ2v) is 6.25. The molecule has 1 unspecified atom stereocenters. The molecule has 0 spiro atoms. The molecule has 0 heterocycles. The predicted molar refractivity (Wildman–Crippen MR) is 68.7 cm³/mol.